The molecule has 1 fully saturated rings. The van der Waals surface area contributed by atoms with E-state index in [2.05, 4.69) is 21.0 Å². The number of benzene rings is 2. The van der Waals surface area contributed by atoms with Gasteiger partial charge in [0.1, 0.15) is 5.54 Å². The maximum absolute atomic E-state index is 12.7. The number of amides is 4. The molecule has 3 N–H and O–H groups in total. The Morgan fingerprint density at radius 1 is 1.07 bits per heavy atom. The summed E-state index contributed by atoms with van der Waals surface area (Å²) in [5, 5.41) is 12.1. The maximum Gasteiger partial charge on any atom is 0.322 e. The Kier molecular flexibility index (Phi) is 4.62. The summed E-state index contributed by atoms with van der Waals surface area (Å²) in [6.07, 6.45) is 0. The van der Waals surface area contributed by atoms with Crippen LogP contribution in [0, 0.1) is 13.8 Å². The number of rotatable bonds is 4. The van der Waals surface area contributed by atoms with Crippen LogP contribution in [0.15, 0.2) is 54.6 Å². The number of aryl methyl sites for hydroxylation is 2. The lowest BCUT2D eigenvalue weighted by molar-refractivity contribution is -0.123. The van der Waals surface area contributed by atoms with E-state index in [0.29, 0.717) is 16.8 Å². The van der Waals surface area contributed by atoms with E-state index in [-0.39, 0.29) is 5.91 Å². The molecule has 1 aliphatic rings. The van der Waals surface area contributed by atoms with Gasteiger partial charge >= 0.3 is 6.03 Å². The highest BCUT2D eigenvalue weighted by atomic mass is 16.2. The van der Waals surface area contributed by atoms with Gasteiger partial charge in [0, 0.05) is 16.9 Å². The molecule has 152 valence electrons. The summed E-state index contributed by atoms with van der Waals surface area (Å²) in [5.41, 5.74) is 3.21. The van der Waals surface area contributed by atoms with Crippen molar-refractivity contribution in [2.24, 2.45) is 0 Å². The topological polar surface area (TPSA) is 105 Å². The first-order valence-electron chi connectivity index (χ1n) is 9.45. The smallest absolute Gasteiger partial charge is 0.322 e. The normalized spacial score (nSPS) is 18.1. The van der Waals surface area contributed by atoms with Crippen LogP contribution in [0.4, 0.5) is 10.5 Å². The van der Waals surface area contributed by atoms with Gasteiger partial charge in [-0.1, -0.05) is 12.1 Å². The molecule has 1 aliphatic heterocycles. The molecule has 30 heavy (non-hydrogen) atoms. The zero-order chi connectivity index (χ0) is 21.5. The number of anilines is 1. The van der Waals surface area contributed by atoms with Crippen LogP contribution in [0.5, 0.6) is 0 Å². The zero-order valence-electron chi connectivity index (χ0n) is 16.8. The lowest BCUT2D eigenvalue weighted by atomic mass is 9.92. The quantitative estimate of drug-likeness (QED) is 0.583. The standard InChI is InChI=1S/C22H21N5O3/c1-13-11-14(2)27(26-13)18-9-7-15(8-10-18)19(28)23-17-6-4-5-16(12-17)22(3)20(29)24-21(30)25-22/h4-12H,1-3H3,(H,23,28)(H2,24,25,29,30). The first-order chi connectivity index (χ1) is 14.3. The van der Waals surface area contributed by atoms with E-state index < -0.39 is 17.5 Å². The molecular weight excluding hydrogens is 382 g/mol. The fraction of sp³-hybridized carbons (Fsp3) is 0.182. The Balaban J connectivity index is 1.52. The van der Waals surface area contributed by atoms with Gasteiger partial charge in [0.05, 0.1) is 11.4 Å². The summed E-state index contributed by atoms with van der Waals surface area (Å²) < 4.78 is 1.82. The molecule has 1 saturated heterocycles. The van der Waals surface area contributed by atoms with Crippen molar-refractivity contribution in [3.63, 3.8) is 0 Å². The lowest BCUT2D eigenvalue weighted by Crippen LogP contribution is -2.40. The van der Waals surface area contributed by atoms with Crippen molar-refractivity contribution in [1.29, 1.82) is 0 Å². The molecule has 8 nitrogen and oxygen atoms in total. The third-order valence-electron chi connectivity index (χ3n) is 5.13. The minimum Gasteiger partial charge on any atom is -0.322 e. The molecule has 3 aromatic rings. The number of hydrogen-bond acceptors (Lipinski definition) is 4. The maximum atomic E-state index is 12.7. The molecule has 1 unspecified atom stereocenters. The summed E-state index contributed by atoms with van der Waals surface area (Å²) in [5.74, 6) is -0.715. The summed E-state index contributed by atoms with van der Waals surface area (Å²) in [7, 11) is 0. The highest BCUT2D eigenvalue weighted by molar-refractivity contribution is 6.07. The largest absolute Gasteiger partial charge is 0.322 e. The van der Waals surface area contributed by atoms with Gasteiger partial charge in [-0.3, -0.25) is 14.9 Å². The predicted molar refractivity (Wildman–Crippen MR) is 111 cm³/mol. The molecule has 0 bridgehead atoms. The van der Waals surface area contributed by atoms with E-state index in [1.807, 2.05) is 36.7 Å². The first-order valence-corrected chi connectivity index (χ1v) is 9.45. The van der Waals surface area contributed by atoms with Crippen molar-refractivity contribution in [3.05, 3.63) is 77.1 Å². The Hall–Kier alpha value is -3.94. The number of nitrogens with zero attached hydrogens (tertiary/aromatic N) is 2. The molecule has 4 rings (SSSR count). The Morgan fingerprint density at radius 3 is 2.40 bits per heavy atom. The second-order valence-corrected chi connectivity index (χ2v) is 7.45. The Bertz CT molecular complexity index is 1170. The van der Waals surface area contributed by atoms with Crippen molar-refractivity contribution in [2.45, 2.75) is 26.3 Å². The van der Waals surface area contributed by atoms with E-state index in [9.17, 15) is 14.4 Å². The number of hydrogen-bond donors (Lipinski definition) is 3. The second-order valence-electron chi connectivity index (χ2n) is 7.45. The first kappa shape index (κ1) is 19.4. The van der Waals surface area contributed by atoms with Crippen LogP contribution in [0.2, 0.25) is 0 Å². The fourth-order valence-corrected chi connectivity index (χ4v) is 3.50. The molecule has 8 heteroatoms. The lowest BCUT2D eigenvalue weighted by Gasteiger charge is -2.21. The highest BCUT2D eigenvalue weighted by Gasteiger charge is 2.43. The molecule has 0 aliphatic carbocycles. The summed E-state index contributed by atoms with van der Waals surface area (Å²) >= 11 is 0. The fourth-order valence-electron chi connectivity index (χ4n) is 3.50. The summed E-state index contributed by atoms with van der Waals surface area (Å²) in [4.78, 5) is 36.3. The second kappa shape index (κ2) is 7.14. The van der Waals surface area contributed by atoms with Gasteiger partial charge in [0.2, 0.25) is 0 Å². The summed E-state index contributed by atoms with van der Waals surface area (Å²) in [6, 6.07) is 15.4. The molecule has 0 spiro atoms. The molecule has 1 atom stereocenters. The van der Waals surface area contributed by atoms with Crippen molar-refractivity contribution < 1.29 is 14.4 Å². The van der Waals surface area contributed by atoms with Crippen LogP contribution in [0.3, 0.4) is 0 Å². The Morgan fingerprint density at radius 2 is 1.80 bits per heavy atom. The van der Waals surface area contributed by atoms with E-state index in [1.54, 1.807) is 43.3 Å². The van der Waals surface area contributed by atoms with Crippen LogP contribution in [0.1, 0.15) is 34.2 Å². The third-order valence-corrected chi connectivity index (χ3v) is 5.13. The average molecular weight is 403 g/mol. The predicted octanol–water partition coefficient (Wildman–Crippen LogP) is 2.80. The summed E-state index contributed by atoms with van der Waals surface area (Å²) in [6.45, 7) is 5.52. The van der Waals surface area contributed by atoms with Crippen LogP contribution in [-0.4, -0.2) is 27.6 Å². The number of carbonyl (C=O) groups excluding carboxylic acids is 3. The van der Waals surface area contributed by atoms with Crippen LogP contribution < -0.4 is 16.0 Å². The van der Waals surface area contributed by atoms with E-state index in [4.69, 9.17) is 0 Å². The monoisotopic (exact) mass is 403 g/mol. The molecule has 4 amide bonds. The van der Waals surface area contributed by atoms with Gasteiger partial charge in [0.15, 0.2) is 0 Å². The van der Waals surface area contributed by atoms with Gasteiger partial charge < -0.3 is 10.6 Å². The minimum atomic E-state index is -1.18. The van der Waals surface area contributed by atoms with Gasteiger partial charge in [-0.15, -0.1) is 0 Å². The Labute approximate surface area is 173 Å². The number of imide groups is 1. The molecule has 0 radical (unpaired) electrons. The van der Waals surface area contributed by atoms with Crippen LogP contribution in [0.25, 0.3) is 5.69 Å². The van der Waals surface area contributed by atoms with Gasteiger partial charge in [-0.25, -0.2) is 9.48 Å². The molecule has 2 heterocycles. The van der Waals surface area contributed by atoms with Crippen molar-refractivity contribution in [3.8, 4) is 5.69 Å². The molecular formula is C22H21N5O3. The van der Waals surface area contributed by atoms with Gasteiger partial charge in [0.25, 0.3) is 11.8 Å². The number of nitrogens with one attached hydrogen (secondary N) is 3. The number of urea groups is 1. The van der Waals surface area contributed by atoms with Gasteiger partial charge in [-0.05, 0) is 68.8 Å². The van der Waals surface area contributed by atoms with Crippen molar-refractivity contribution >= 4 is 23.5 Å². The number of aromatic nitrogens is 2. The van der Waals surface area contributed by atoms with E-state index in [0.717, 1.165) is 17.1 Å². The molecule has 0 saturated carbocycles. The molecule has 2 aromatic carbocycles. The zero-order valence-corrected chi connectivity index (χ0v) is 16.8. The van der Waals surface area contributed by atoms with E-state index >= 15 is 0 Å². The molecule has 1 aromatic heterocycles. The minimum absolute atomic E-state index is 0.280. The van der Waals surface area contributed by atoms with Crippen molar-refractivity contribution in [1.82, 2.24) is 20.4 Å². The SMILES string of the molecule is Cc1cc(C)n(-c2ccc(C(=O)Nc3cccc(C4(C)NC(=O)NC4=O)c3)cc2)n1. The van der Waals surface area contributed by atoms with Gasteiger partial charge in [-0.2, -0.15) is 5.10 Å². The highest BCUT2D eigenvalue weighted by Crippen LogP contribution is 2.26. The van der Waals surface area contributed by atoms with Crippen molar-refractivity contribution in [2.75, 3.05) is 5.32 Å². The third kappa shape index (κ3) is 3.43. The van der Waals surface area contributed by atoms with Crippen LogP contribution >= 0.6 is 0 Å². The van der Waals surface area contributed by atoms with E-state index in [1.165, 1.54) is 0 Å². The average Bonchev–Trinajstić information content (AvgIpc) is 3.19. The number of carbonyl (C=O) groups is 3. The van der Waals surface area contributed by atoms with Crippen LogP contribution in [-0.2, 0) is 10.3 Å².